The summed E-state index contributed by atoms with van der Waals surface area (Å²) in [6, 6.07) is 26.1. The molecule has 0 amide bonds. The van der Waals surface area contributed by atoms with Crippen LogP contribution >= 0.6 is 0 Å². The number of hydrogen-bond acceptors (Lipinski definition) is 0. The maximum atomic E-state index is 9.27. The standard InChI is InChI=1S/C35H24/c1-23-14-19-32-33(20-23)35(29-18-16-25-9-3-5-11-27(25)22-29)31-13-7-6-12-30(31)34(32)28-17-15-24-8-2-4-10-26(24)21-28/h2-22H,1H3/i6D,7D,12D,13D,14D,19D,20D. The molecule has 0 atom stereocenters. The monoisotopic (exact) mass is 451 g/mol. The van der Waals surface area contributed by atoms with Crippen LogP contribution in [0.5, 0.6) is 0 Å². The van der Waals surface area contributed by atoms with E-state index in [0.717, 1.165) is 21.5 Å². The molecule has 0 unspecified atom stereocenters. The van der Waals surface area contributed by atoms with Gasteiger partial charge in [-0.2, -0.15) is 0 Å². The summed E-state index contributed by atoms with van der Waals surface area (Å²) in [6.07, 6.45) is 0. The van der Waals surface area contributed by atoms with Gasteiger partial charge in [0.15, 0.2) is 0 Å². The van der Waals surface area contributed by atoms with Crippen LogP contribution in [0.15, 0.2) is 127 Å². The van der Waals surface area contributed by atoms with Crippen LogP contribution in [0.2, 0.25) is 0 Å². The van der Waals surface area contributed by atoms with Crippen molar-refractivity contribution < 1.29 is 9.60 Å². The zero-order valence-corrected chi connectivity index (χ0v) is 19.1. The first-order valence-corrected chi connectivity index (χ1v) is 11.6. The lowest BCUT2D eigenvalue weighted by molar-refractivity contribution is 1.51. The lowest BCUT2D eigenvalue weighted by Crippen LogP contribution is -1.92. The Balaban J connectivity index is 1.81. The van der Waals surface area contributed by atoms with Crippen molar-refractivity contribution in [1.82, 2.24) is 0 Å². The van der Waals surface area contributed by atoms with Crippen LogP contribution in [-0.2, 0) is 0 Å². The second-order valence-corrected chi connectivity index (χ2v) is 8.87. The van der Waals surface area contributed by atoms with Gasteiger partial charge in [0.1, 0.15) is 0 Å². The van der Waals surface area contributed by atoms with Crippen LogP contribution in [0.25, 0.3) is 65.3 Å². The molecule has 0 heterocycles. The van der Waals surface area contributed by atoms with E-state index in [1.165, 1.54) is 0 Å². The molecule has 0 fully saturated rings. The summed E-state index contributed by atoms with van der Waals surface area (Å²) in [6.45, 7) is 1.66. The second kappa shape index (κ2) is 7.82. The van der Waals surface area contributed by atoms with E-state index >= 15 is 0 Å². The molecule has 0 N–H and O–H groups in total. The fourth-order valence-corrected chi connectivity index (χ4v) is 5.08. The van der Waals surface area contributed by atoms with Crippen molar-refractivity contribution >= 4 is 43.1 Å². The van der Waals surface area contributed by atoms with Crippen LogP contribution in [-0.4, -0.2) is 0 Å². The van der Waals surface area contributed by atoms with Gasteiger partial charge in [-0.3, -0.25) is 0 Å². The topological polar surface area (TPSA) is 0 Å². The van der Waals surface area contributed by atoms with E-state index in [-0.39, 0.29) is 47.7 Å². The van der Waals surface area contributed by atoms with Crippen LogP contribution < -0.4 is 0 Å². The minimum absolute atomic E-state index is 0.0702. The van der Waals surface area contributed by atoms with Gasteiger partial charge in [-0.05, 0) is 84.4 Å². The summed E-state index contributed by atoms with van der Waals surface area (Å²) >= 11 is 0. The minimum Gasteiger partial charge on any atom is -0.0616 e. The van der Waals surface area contributed by atoms with E-state index in [1.807, 2.05) is 84.9 Å². The number of benzene rings is 7. The third kappa shape index (κ3) is 3.22. The molecule has 0 saturated carbocycles. The molecule has 0 bridgehead atoms. The zero-order valence-electron chi connectivity index (χ0n) is 26.1. The maximum Gasteiger partial charge on any atom is 0.0632 e. The van der Waals surface area contributed by atoms with E-state index < -0.39 is 0 Å². The van der Waals surface area contributed by atoms with Gasteiger partial charge in [-0.25, -0.2) is 0 Å². The van der Waals surface area contributed by atoms with Crippen LogP contribution in [0.3, 0.4) is 0 Å². The Morgan fingerprint density at radius 2 is 0.971 bits per heavy atom. The smallest absolute Gasteiger partial charge is 0.0616 e. The van der Waals surface area contributed by atoms with Crippen molar-refractivity contribution in [2.45, 2.75) is 6.92 Å². The molecule has 35 heavy (non-hydrogen) atoms. The highest BCUT2D eigenvalue weighted by molar-refractivity contribution is 6.22. The van der Waals surface area contributed by atoms with E-state index in [0.29, 0.717) is 44.0 Å². The van der Waals surface area contributed by atoms with Gasteiger partial charge in [-0.15, -0.1) is 0 Å². The van der Waals surface area contributed by atoms with E-state index in [4.69, 9.17) is 6.85 Å². The lowest BCUT2D eigenvalue weighted by Gasteiger charge is -2.19. The number of rotatable bonds is 2. The quantitative estimate of drug-likeness (QED) is 0.229. The molecule has 0 aliphatic rings. The Kier molecular flexibility index (Phi) is 3.15. The molecule has 164 valence electrons. The van der Waals surface area contributed by atoms with Crippen LogP contribution in [0.4, 0.5) is 0 Å². The van der Waals surface area contributed by atoms with Crippen molar-refractivity contribution in [3.63, 3.8) is 0 Å². The average molecular weight is 452 g/mol. The summed E-state index contributed by atoms with van der Waals surface area (Å²) in [5.41, 5.74) is 2.61. The lowest BCUT2D eigenvalue weighted by atomic mass is 9.84. The minimum atomic E-state index is -0.366. The van der Waals surface area contributed by atoms with Crippen molar-refractivity contribution in [1.29, 1.82) is 0 Å². The van der Waals surface area contributed by atoms with Gasteiger partial charge in [-0.1, -0.05) is 121 Å². The maximum absolute atomic E-state index is 9.27. The van der Waals surface area contributed by atoms with E-state index in [2.05, 4.69) is 0 Å². The number of fused-ring (bicyclic) bond motifs is 4. The fourth-order valence-electron chi connectivity index (χ4n) is 5.08. The van der Waals surface area contributed by atoms with Gasteiger partial charge in [0.2, 0.25) is 0 Å². The second-order valence-electron chi connectivity index (χ2n) is 8.87. The molecular formula is C35H24. The first kappa shape index (κ1) is 14.1. The molecule has 0 radical (unpaired) electrons. The van der Waals surface area contributed by atoms with Crippen molar-refractivity contribution in [3.05, 3.63) is 133 Å². The summed E-state index contributed by atoms with van der Waals surface area (Å²) in [5, 5.41) is 5.24. The summed E-state index contributed by atoms with van der Waals surface area (Å²) in [4.78, 5) is 0. The third-order valence-electron chi connectivity index (χ3n) is 6.70. The van der Waals surface area contributed by atoms with E-state index in [9.17, 15) is 2.74 Å². The Hall–Kier alpha value is -4.42. The zero-order chi connectivity index (χ0) is 29.4. The molecule has 7 aromatic carbocycles. The largest absolute Gasteiger partial charge is 0.0632 e. The van der Waals surface area contributed by atoms with E-state index in [1.54, 1.807) is 6.92 Å². The third-order valence-corrected chi connectivity index (χ3v) is 6.70. The van der Waals surface area contributed by atoms with Gasteiger partial charge >= 0.3 is 0 Å². The summed E-state index contributed by atoms with van der Waals surface area (Å²) in [5.74, 6) is 0. The SMILES string of the molecule is [2H]c1c([2H])c([2H])c2c(-c3ccc4ccccc4c3)c3c([2H])c(C)c([2H])c([2H])c3c(-c3ccc4ccccc4c3)c2c1[2H]. The molecule has 0 nitrogen and oxygen atoms in total. The molecular weight excluding hydrogens is 420 g/mol. The Morgan fingerprint density at radius 3 is 1.54 bits per heavy atom. The Morgan fingerprint density at radius 1 is 0.486 bits per heavy atom. The predicted octanol–water partition coefficient (Wildman–Crippen LogP) is 9.94. The summed E-state index contributed by atoms with van der Waals surface area (Å²) < 4.78 is 62.7. The van der Waals surface area contributed by atoms with Gasteiger partial charge < -0.3 is 0 Å². The molecule has 0 aliphatic heterocycles. The van der Waals surface area contributed by atoms with Gasteiger partial charge in [0.05, 0.1) is 9.60 Å². The van der Waals surface area contributed by atoms with Gasteiger partial charge in [0, 0.05) is 0 Å². The first-order chi connectivity index (χ1) is 20.2. The van der Waals surface area contributed by atoms with Gasteiger partial charge in [0.25, 0.3) is 0 Å². The average Bonchev–Trinajstić information content (AvgIpc) is 3.02. The highest BCUT2D eigenvalue weighted by Crippen LogP contribution is 2.44. The summed E-state index contributed by atoms with van der Waals surface area (Å²) in [7, 11) is 0. The van der Waals surface area contributed by atoms with Crippen LogP contribution in [0.1, 0.15) is 15.2 Å². The van der Waals surface area contributed by atoms with Crippen LogP contribution in [0, 0.1) is 6.92 Å². The van der Waals surface area contributed by atoms with Crippen molar-refractivity contribution in [3.8, 4) is 22.3 Å². The van der Waals surface area contributed by atoms with Crippen molar-refractivity contribution in [2.75, 3.05) is 0 Å². The molecule has 7 rings (SSSR count). The normalized spacial score (nSPS) is 14.4. The highest BCUT2D eigenvalue weighted by atomic mass is 14.2. The molecule has 0 aromatic heterocycles. The molecule has 0 saturated heterocycles. The predicted molar refractivity (Wildman–Crippen MR) is 152 cm³/mol. The molecule has 7 aromatic rings. The van der Waals surface area contributed by atoms with Crippen molar-refractivity contribution in [2.24, 2.45) is 0 Å². The molecule has 0 spiro atoms. The Bertz CT molecular complexity index is 2040. The fraction of sp³-hybridized carbons (Fsp3) is 0.0286. The Labute approximate surface area is 214 Å². The highest BCUT2D eigenvalue weighted by Gasteiger charge is 2.17. The number of hydrogen-bond donors (Lipinski definition) is 0. The molecule has 0 heteroatoms. The first-order valence-electron chi connectivity index (χ1n) is 15.1. The molecule has 0 aliphatic carbocycles.